The lowest BCUT2D eigenvalue weighted by atomic mass is 9.91. The summed E-state index contributed by atoms with van der Waals surface area (Å²) in [6.45, 7) is 0. The third-order valence-corrected chi connectivity index (χ3v) is 4.23. The van der Waals surface area contributed by atoms with Crippen molar-refractivity contribution in [3.05, 3.63) is 107 Å². The van der Waals surface area contributed by atoms with E-state index in [1.54, 1.807) is 0 Å². The highest BCUT2D eigenvalue weighted by Crippen LogP contribution is 2.29. The van der Waals surface area contributed by atoms with Crippen LogP contribution in [0.4, 0.5) is 0 Å². The van der Waals surface area contributed by atoms with Crippen molar-refractivity contribution in [1.29, 1.82) is 0 Å². The van der Waals surface area contributed by atoms with Gasteiger partial charge in [-0.3, -0.25) is 4.99 Å². The molecule has 3 aromatic carbocycles. The van der Waals surface area contributed by atoms with Crippen LogP contribution in [-0.2, 0) is 0 Å². The Hall–Kier alpha value is -2.67. The molecule has 1 heteroatoms. The highest BCUT2D eigenvalue weighted by molar-refractivity contribution is 5.66. The minimum absolute atomic E-state index is 0.200. The van der Waals surface area contributed by atoms with Crippen LogP contribution in [0.3, 0.4) is 0 Å². The molecule has 0 amide bonds. The van der Waals surface area contributed by atoms with Crippen LogP contribution in [0.1, 0.15) is 23.6 Å². The fourth-order valence-corrected chi connectivity index (χ4v) is 3.14. The third kappa shape index (κ3) is 2.35. The smallest absolute Gasteiger partial charge is 0.0797 e. The van der Waals surface area contributed by atoms with Crippen LogP contribution in [-0.4, -0.2) is 0 Å². The molecule has 0 spiro atoms. The third-order valence-electron chi connectivity index (χ3n) is 4.23. The van der Waals surface area contributed by atoms with E-state index < -0.39 is 0 Å². The first-order chi connectivity index (χ1) is 10.9. The molecule has 0 saturated heterocycles. The first-order valence-electron chi connectivity index (χ1n) is 7.68. The lowest BCUT2D eigenvalue weighted by Gasteiger charge is -2.20. The molecule has 106 valence electrons. The van der Waals surface area contributed by atoms with Gasteiger partial charge in [0.25, 0.3) is 0 Å². The molecule has 0 bridgehead atoms. The van der Waals surface area contributed by atoms with Crippen molar-refractivity contribution < 1.29 is 0 Å². The van der Waals surface area contributed by atoms with Crippen LogP contribution in [0, 0.1) is 0 Å². The summed E-state index contributed by atoms with van der Waals surface area (Å²) in [5, 5.41) is 2.36. The number of nitrogens with zero attached hydrogens (tertiary/aromatic N) is 1. The molecule has 22 heavy (non-hydrogen) atoms. The monoisotopic (exact) mass is 283 g/mol. The summed E-state index contributed by atoms with van der Waals surface area (Å²) in [4.78, 5) is 4.97. The minimum Gasteiger partial charge on any atom is -0.276 e. The zero-order valence-corrected chi connectivity index (χ0v) is 12.3. The van der Waals surface area contributed by atoms with Gasteiger partial charge >= 0.3 is 0 Å². The van der Waals surface area contributed by atoms with E-state index >= 15 is 0 Å². The highest BCUT2D eigenvalue weighted by atomic mass is 14.8. The number of fused-ring (bicyclic) bond motifs is 1. The molecule has 1 unspecified atom stereocenters. The number of hydrogen-bond acceptors (Lipinski definition) is 1. The topological polar surface area (TPSA) is 12.4 Å². The first kappa shape index (κ1) is 13.0. The second-order valence-electron chi connectivity index (χ2n) is 5.62. The normalized spacial score (nSPS) is 16.7. The Morgan fingerprint density at radius 2 is 1.32 bits per heavy atom. The molecule has 0 fully saturated rings. The Morgan fingerprint density at radius 1 is 0.682 bits per heavy atom. The molecule has 0 aromatic heterocycles. The predicted octanol–water partition coefficient (Wildman–Crippen LogP) is 3.65. The Bertz CT molecular complexity index is 895. The largest absolute Gasteiger partial charge is 0.276 e. The molecular weight excluding hydrogens is 266 g/mol. The van der Waals surface area contributed by atoms with Crippen molar-refractivity contribution in [2.45, 2.75) is 12.5 Å². The maximum atomic E-state index is 4.97. The second kappa shape index (κ2) is 5.61. The summed E-state index contributed by atoms with van der Waals surface area (Å²) in [6.07, 6.45) is 0.949. The van der Waals surface area contributed by atoms with E-state index in [0.717, 1.165) is 11.8 Å². The van der Waals surface area contributed by atoms with Gasteiger partial charge in [0, 0.05) is 11.6 Å². The Morgan fingerprint density at radius 3 is 2.09 bits per heavy atom. The van der Waals surface area contributed by atoms with E-state index in [2.05, 4.69) is 84.9 Å². The summed E-state index contributed by atoms with van der Waals surface area (Å²) in [5.41, 5.74) is 3.97. The van der Waals surface area contributed by atoms with Crippen molar-refractivity contribution in [3.63, 3.8) is 0 Å². The lowest BCUT2D eigenvalue weighted by Crippen LogP contribution is -2.32. The van der Waals surface area contributed by atoms with Crippen molar-refractivity contribution in [2.75, 3.05) is 0 Å². The van der Waals surface area contributed by atoms with Gasteiger partial charge in [-0.05, 0) is 22.8 Å². The zero-order chi connectivity index (χ0) is 14.8. The molecule has 0 N–H and O–H groups in total. The van der Waals surface area contributed by atoms with Gasteiger partial charge in [-0.1, -0.05) is 78.9 Å². The molecule has 4 rings (SSSR count). The van der Waals surface area contributed by atoms with Gasteiger partial charge in [-0.25, -0.2) is 0 Å². The van der Waals surface area contributed by atoms with Crippen LogP contribution in [0.2, 0.25) is 0 Å². The molecule has 1 nitrogen and oxygen atoms in total. The fraction of sp³-hybridized carbons (Fsp3) is 0.0952. The van der Waals surface area contributed by atoms with Crippen LogP contribution in [0.15, 0.2) is 89.9 Å². The maximum absolute atomic E-state index is 4.97. The van der Waals surface area contributed by atoms with Gasteiger partial charge in [0.2, 0.25) is 0 Å². The van der Waals surface area contributed by atoms with Gasteiger partial charge in [0.1, 0.15) is 0 Å². The van der Waals surface area contributed by atoms with E-state index in [9.17, 15) is 0 Å². The van der Waals surface area contributed by atoms with Crippen LogP contribution in [0.5, 0.6) is 0 Å². The summed E-state index contributed by atoms with van der Waals surface area (Å²) < 4.78 is 0. The quantitative estimate of drug-likeness (QED) is 0.681. The lowest BCUT2D eigenvalue weighted by molar-refractivity contribution is 0.711. The van der Waals surface area contributed by atoms with Crippen molar-refractivity contribution in [2.24, 2.45) is 4.99 Å². The first-order valence-corrected chi connectivity index (χ1v) is 7.68. The number of rotatable bonds is 2. The summed E-state index contributed by atoms with van der Waals surface area (Å²) in [6, 6.07) is 29.9. The average molecular weight is 283 g/mol. The molecule has 1 atom stereocenters. The molecular formula is C21H17N. The maximum Gasteiger partial charge on any atom is 0.0797 e. The van der Waals surface area contributed by atoms with E-state index in [1.807, 2.05) is 0 Å². The Balaban J connectivity index is 1.92. The van der Waals surface area contributed by atoms with Crippen LogP contribution >= 0.6 is 0 Å². The van der Waals surface area contributed by atoms with Crippen molar-refractivity contribution >= 4 is 5.57 Å². The zero-order valence-electron chi connectivity index (χ0n) is 12.3. The molecule has 1 aliphatic heterocycles. The van der Waals surface area contributed by atoms with E-state index in [4.69, 9.17) is 4.99 Å². The average Bonchev–Trinajstić information content (AvgIpc) is 2.62. The minimum atomic E-state index is 0.200. The van der Waals surface area contributed by atoms with Gasteiger partial charge < -0.3 is 0 Å². The molecule has 1 heterocycles. The summed E-state index contributed by atoms with van der Waals surface area (Å²) in [5.74, 6) is 0. The molecule has 0 radical (unpaired) electrons. The van der Waals surface area contributed by atoms with Gasteiger partial charge in [0.15, 0.2) is 0 Å². The molecule has 0 saturated carbocycles. The van der Waals surface area contributed by atoms with Crippen molar-refractivity contribution in [3.8, 4) is 0 Å². The highest BCUT2D eigenvalue weighted by Gasteiger charge is 2.17. The Kier molecular flexibility index (Phi) is 3.32. The van der Waals surface area contributed by atoms with E-state index in [-0.39, 0.29) is 6.04 Å². The second-order valence-corrected chi connectivity index (χ2v) is 5.62. The molecule has 0 aliphatic carbocycles. The number of benzene rings is 3. The van der Waals surface area contributed by atoms with Gasteiger partial charge in [-0.2, -0.15) is 0 Å². The molecule has 3 aromatic rings. The fourth-order valence-electron chi connectivity index (χ4n) is 3.14. The van der Waals surface area contributed by atoms with E-state index in [1.165, 1.54) is 21.9 Å². The van der Waals surface area contributed by atoms with E-state index in [0.29, 0.717) is 0 Å². The van der Waals surface area contributed by atoms with Crippen LogP contribution < -0.4 is 10.6 Å². The predicted molar refractivity (Wildman–Crippen MR) is 90.0 cm³/mol. The van der Waals surface area contributed by atoms with Crippen LogP contribution in [0.25, 0.3) is 5.57 Å². The SMILES string of the molecule is c1ccc(C2=c3ccccc3=NC(c3ccccc3)C2)cc1. The van der Waals surface area contributed by atoms with Crippen molar-refractivity contribution in [1.82, 2.24) is 0 Å². The number of hydrogen-bond donors (Lipinski definition) is 0. The standard InChI is InChI=1S/C21H17N/c1-3-9-16(10-4-1)19-15-21(17-11-5-2-6-12-17)22-20-14-8-7-13-18(19)20/h1-14,21H,15H2. The molecule has 1 aliphatic rings. The number of para-hydroxylation sites is 1. The Labute approximate surface area is 130 Å². The van der Waals surface area contributed by atoms with Gasteiger partial charge in [-0.15, -0.1) is 0 Å². The summed E-state index contributed by atoms with van der Waals surface area (Å²) >= 11 is 0. The summed E-state index contributed by atoms with van der Waals surface area (Å²) in [7, 11) is 0. The van der Waals surface area contributed by atoms with Gasteiger partial charge in [0.05, 0.1) is 11.4 Å².